The van der Waals surface area contributed by atoms with Crippen molar-refractivity contribution in [2.75, 3.05) is 7.11 Å². The molecule has 3 heterocycles. The fraction of sp³-hybridized carbons (Fsp3) is 0.333. The third-order valence-corrected chi connectivity index (χ3v) is 8.35. The zero-order valence-electron chi connectivity index (χ0n) is 19.8. The Kier molecular flexibility index (Phi) is 6.51. The van der Waals surface area contributed by atoms with Crippen LogP contribution in [-0.2, 0) is 23.5 Å². The molecule has 0 aliphatic carbocycles. The van der Waals surface area contributed by atoms with Crippen LogP contribution in [0, 0.1) is 12.8 Å². The van der Waals surface area contributed by atoms with Crippen molar-refractivity contribution in [3.8, 4) is 11.4 Å². The topological polar surface area (TPSA) is 53.3 Å². The van der Waals surface area contributed by atoms with Crippen molar-refractivity contribution in [3.05, 3.63) is 80.5 Å². The molecule has 1 unspecified atom stereocenters. The molecule has 5 rings (SSSR count). The van der Waals surface area contributed by atoms with Gasteiger partial charge in [-0.05, 0) is 53.8 Å². The summed E-state index contributed by atoms with van der Waals surface area (Å²) in [5.41, 5.74) is 4.24. The van der Waals surface area contributed by atoms with Crippen LogP contribution >= 0.6 is 23.1 Å². The Morgan fingerprint density at radius 1 is 1.24 bits per heavy atom. The summed E-state index contributed by atoms with van der Waals surface area (Å²) in [6, 6.07) is 16.1. The molecule has 34 heavy (non-hydrogen) atoms. The van der Waals surface area contributed by atoms with Gasteiger partial charge in [-0.2, -0.15) is 0 Å². The van der Waals surface area contributed by atoms with Crippen LogP contribution < -0.4 is 10.3 Å². The number of aryl methyl sites for hydroxylation is 1. The van der Waals surface area contributed by atoms with Gasteiger partial charge in [-0.25, -0.2) is 4.98 Å². The minimum Gasteiger partial charge on any atom is -0.497 e. The highest BCUT2D eigenvalue weighted by molar-refractivity contribution is 7.98. The maximum Gasteiger partial charge on any atom is 0.267 e. The van der Waals surface area contributed by atoms with Crippen LogP contribution in [-0.4, -0.2) is 22.8 Å². The van der Waals surface area contributed by atoms with Gasteiger partial charge in [-0.3, -0.25) is 9.36 Å². The zero-order chi connectivity index (χ0) is 23.8. The number of thiophene rings is 1. The van der Waals surface area contributed by atoms with Crippen molar-refractivity contribution < 1.29 is 9.47 Å². The third-order valence-electron chi connectivity index (χ3n) is 6.24. The van der Waals surface area contributed by atoms with Crippen LogP contribution in [0.2, 0.25) is 0 Å². The molecular weight excluding hydrogens is 464 g/mol. The Morgan fingerprint density at radius 3 is 2.74 bits per heavy atom. The normalized spacial score (nSPS) is 15.6. The average molecular weight is 493 g/mol. The molecule has 1 aliphatic rings. The first kappa shape index (κ1) is 23.1. The van der Waals surface area contributed by atoms with Crippen molar-refractivity contribution in [2.45, 2.75) is 50.8 Å². The van der Waals surface area contributed by atoms with Gasteiger partial charge in [-0.1, -0.05) is 49.9 Å². The molecule has 2 aromatic carbocycles. The molecule has 0 spiro atoms. The van der Waals surface area contributed by atoms with E-state index < -0.39 is 0 Å². The quantitative estimate of drug-likeness (QED) is 0.239. The number of hydrogen-bond donors (Lipinski definition) is 0. The molecule has 4 aromatic rings. The number of thioether (sulfide) groups is 1. The number of nitrogens with zero attached hydrogens (tertiary/aromatic N) is 2. The molecular formula is C27H28N2O3S2. The summed E-state index contributed by atoms with van der Waals surface area (Å²) in [7, 11) is 1.67. The zero-order valence-corrected chi connectivity index (χ0v) is 21.5. The van der Waals surface area contributed by atoms with Crippen LogP contribution in [0.15, 0.2) is 58.5 Å². The van der Waals surface area contributed by atoms with E-state index in [1.165, 1.54) is 0 Å². The van der Waals surface area contributed by atoms with Gasteiger partial charge in [0.1, 0.15) is 10.6 Å². The molecule has 0 fully saturated rings. The van der Waals surface area contributed by atoms with Crippen molar-refractivity contribution in [3.63, 3.8) is 0 Å². The highest BCUT2D eigenvalue weighted by Gasteiger charge is 2.28. The number of benzene rings is 2. The van der Waals surface area contributed by atoms with E-state index in [2.05, 4.69) is 13.8 Å². The van der Waals surface area contributed by atoms with Crippen molar-refractivity contribution in [2.24, 2.45) is 5.92 Å². The molecule has 0 N–H and O–H groups in total. The second-order valence-corrected chi connectivity index (χ2v) is 11.0. The molecule has 0 bridgehead atoms. The molecule has 0 saturated carbocycles. The summed E-state index contributed by atoms with van der Waals surface area (Å²) in [6.07, 6.45) is 0.886. The smallest absolute Gasteiger partial charge is 0.267 e. The summed E-state index contributed by atoms with van der Waals surface area (Å²) in [5, 5.41) is 1.46. The van der Waals surface area contributed by atoms with Gasteiger partial charge in [0, 0.05) is 17.1 Å². The molecule has 1 aliphatic heterocycles. The van der Waals surface area contributed by atoms with Crippen molar-refractivity contribution in [1.82, 2.24) is 9.55 Å². The molecule has 7 heteroatoms. The van der Waals surface area contributed by atoms with Crippen LogP contribution in [0.5, 0.6) is 5.75 Å². The van der Waals surface area contributed by atoms with Gasteiger partial charge >= 0.3 is 0 Å². The molecule has 176 valence electrons. The second kappa shape index (κ2) is 9.56. The van der Waals surface area contributed by atoms with Gasteiger partial charge < -0.3 is 9.47 Å². The maximum atomic E-state index is 14.0. The Hall–Kier alpha value is -2.61. The fourth-order valence-electron chi connectivity index (χ4n) is 4.30. The monoisotopic (exact) mass is 492 g/mol. The first-order valence-electron chi connectivity index (χ1n) is 11.5. The Balaban J connectivity index is 1.62. The van der Waals surface area contributed by atoms with E-state index in [1.54, 1.807) is 34.8 Å². The van der Waals surface area contributed by atoms with E-state index in [4.69, 9.17) is 14.5 Å². The standard InChI is InChI=1S/C27H28N2O3S2/c1-16(2)22-13-21-23(14-32-22)34-25-24(21)26(30)29(19-7-5-6-17(3)12-19)27(28-25)33-15-18-8-10-20(31-4)11-9-18/h5-12,16,22H,13-15H2,1-4H3. The summed E-state index contributed by atoms with van der Waals surface area (Å²) in [5.74, 6) is 1.93. The largest absolute Gasteiger partial charge is 0.497 e. The maximum absolute atomic E-state index is 14.0. The minimum atomic E-state index is 0.00902. The average Bonchev–Trinajstić information content (AvgIpc) is 3.21. The Bertz CT molecular complexity index is 1390. The van der Waals surface area contributed by atoms with Gasteiger partial charge in [0.2, 0.25) is 0 Å². The van der Waals surface area contributed by atoms with Crippen LogP contribution in [0.25, 0.3) is 15.9 Å². The third kappa shape index (κ3) is 4.40. The SMILES string of the molecule is COc1ccc(CSc2nc3sc4c(c3c(=O)n2-c2cccc(C)c2)CC(C(C)C)OC4)cc1. The van der Waals surface area contributed by atoms with Crippen molar-refractivity contribution >= 4 is 33.3 Å². The first-order valence-corrected chi connectivity index (χ1v) is 13.3. The van der Waals surface area contributed by atoms with E-state index >= 15 is 0 Å². The molecule has 5 nitrogen and oxygen atoms in total. The lowest BCUT2D eigenvalue weighted by atomic mass is 9.96. The molecule has 0 saturated heterocycles. The number of methoxy groups -OCH3 is 1. The van der Waals surface area contributed by atoms with Crippen LogP contribution in [0.3, 0.4) is 0 Å². The summed E-state index contributed by atoms with van der Waals surface area (Å²) >= 11 is 3.18. The predicted octanol–water partition coefficient (Wildman–Crippen LogP) is 6.15. The van der Waals surface area contributed by atoms with Gasteiger partial charge in [0.15, 0.2) is 5.16 Å². The first-order chi connectivity index (χ1) is 16.4. The van der Waals surface area contributed by atoms with E-state index in [0.29, 0.717) is 23.4 Å². The van der Waals surface area contributed by atoms with Gasteiger partial charge in [0.25, 0.3) is 5.56 Å². The number of rotatable bonds is 6. The van der Waals surface area contributed by atoms with E-state index in [9.17, 15) is 4.79 Å². The molecule has 0 amide bonds. The lowest BCUT2D eigenvalue weighted by Crippen LogP contribution is -2.28. The minimum absolute atomic E-state index is 0.00902. The number of ether oxygens (including phenoxy) is 2. The van der Waals surface area contributed by atoms with E-state index in [1.807, 2.05) is 55.5 Å². The van der Waals surface area contributed by atoms with E-state index in [-0.39, 0.29) is 11.7 Å². The van der Waals surface area contributed by atoms with E-state index in [0.717, 1.165) is 49.6 Å². The highest BCUT2D eigenvalue weighted by atomic mass is 32.2. The number of fused-ring (bicyclic) bond motifs is 3. The molecule has 2 aromatic heterocycles. The summed E-state index contributed by atoms with van der Waals surface area (Å²) in [4.78, 5) is 21.0. The Morgan fingerprint density at radius 2 is 2.03 bits per heavy atom. The van der Waals surface area contributed by atoms with Gasteiger partial charge in [-0.15, -0.1) is 11.3 Å². The van der Waals surface area contributed by atoms with Crippen molar-refractivity contribution in [1.29, 1.82) is 0 Å². The summed E-state index contributed by atoms with van der Waals surface area (Å²) < 4.78 is 13.1. The van der Waals surface area contributed by atoms with Crippen LogP contribution in [0.1, 0.15) is 35.4 Å². The predicted molar refractivity (Wildman–Crippen MR) is 140 cm³/mol. The molecule has 1 atom stereocenters. The second-order valence-electron chi connectivity index (χ2n) is 8.99. The number of aromatic nitrogens is 2. The number of hydrogen-bond acceptors (Lipinski definition) is 6. The highest BCUT2D eigenvalue weighted by Crippen LogP contribution is 2.36. The lowest BCUT2D eigenvalue weighted by molar-refractivity contribution is 0.00200. The lowest BCUT2D eigenvalue weighted by Gasteiger charge is -2.26. The molecule has 0 radical (unpaired) electrons. The fourth-order valence-corrected chi connectivity index (χ4v) is 6.43. The Labute approximate surface area is 207 Å². The van der Waals surface area contributed by atoms with Gasteiger partial charge in [0.05, 0.1) is 30.9 Å². The summed E-state index contributed by atoms with van der Waals surface area (Å²) in [6.45, 7) is 6.93. The van der Waals surface area contributed by atoms with Crippen LogP contribution in [0.4, 0.5) is 0 Å².